The Morgan fingerprint density at radius 2 is 1.90 bits per heavy atom. The molecule has 1 aromatic heterocycles. The van der Waals surface area contributed by atoms with E-state index in [0.717, 1.165) is 0 Å². The summed E-state index contributed by atoms with van der Waals surface area (Å²) in [6.45, 7) is 1.99. The van der Waals surface area contributed by atoms with Crippen molar-refractivity contribution in [3.63, 3.8) is 0 Å². The fraction of sp³-hybridized carbons (Fsp3) is 0.231. The van der Waals surface area contributed by atoms with E-state index in [9.17, 15) is 9.59 Å². The first-order valence-corrected chi connectivity index (χ1v) is 5.94. The average molecular weight is 275 g/mol. The van der Waals surface area contributed by atoms with Gasteiger partial charge < -0.3 is 9.47 Å². The van der Waals surface area contributed by atoms with Crippen LogP contribution in [-0.4, -0.2) is 40.6 Å². The summed E-state index contributed by atoms with van der Waals surface area (Å²) in [7, 11) is 1.32. The number of carbonyl (C=O) groups excluding carboxylic acids is 2. The molecule has 0 N–H and O–H groups in total. The van der Waals surface area contributed by atoms with Crippen molar-refractivity contribution in [3.05, 3.63) is 41.7 Å². The van der Waals surface area contributed by atoms with Crippen molar-refractivity contribution < 1.29 is 19.1 Å². The summed E-state index contributed by atoms with van der Waals surface area (Å²) in [6.07, 6.45) is 1.46. The van der Waals surface area contributed by atoms with E-state index < -0.39 is 11.9 Å². The maximum absolute atomic E-state index is 11.5. The van der Waals surface area contributed by atoms with Gasteiger partial charge in [0.1, 0.15) is 0 Å². The predicted octanol–water partition coefficient (Wildman–Crippen LogP) is 1.23. The molecule has 20 heavy (non-hydrogen) atoms. The van der Waals surface area contributed by atoms with Gasteiger partial charge in [-0.25, -0.2) is 14.3 Å². The molecule has 0 aliphatic rings. The number of rotatable bonds is 4. The van der Waals surface area contributed by atoms with Crippen LogP contribution in [0.5, 0.6) is 0 Å². The molecule has 0 amide bonds. The highest BCUT2D eigenvalue weighted by atomic mass is 16.5. The molecular weight excluding hydrogens is 262 g/mol. The second kappa shape index (κ2) is 5.96. The largest absolute Gasteiger partial charge is 0.465 e. The zero-order chi connectivity index (χ0) is 14.5. The van der Waals surface area contributed by atoms with Gasteiger partial charge in [-0.2, -0.15) is 0 Å². The zero-order valence-corrected chi connectivity index (χ0v) is 11.1. The summed E-state index contributed by atoms with van der Waals surface area (Å²) >= 11 is 0. The lowest BCUT2D eigenvalue weighted by Crippen LogP contribution is -2.04. The smallest absolute Gasteiger partial charge is 0.360 e. The average Bonchev–Trinajstić information content (AvgIpc) is 2.97. The van der Waals surface area contributed by atoms with Crippen LogP contribution >= 0.6 is 0 Å². The van der Waals surface area contributed by atoms with E-state index in [2.05, 4.69) is 15.0 Å². The van der Waals surface area contributed by atoms with E-state index in [4.69, 9.17) is 4.74 Å². The number of carbonyl (C=O) groups is 2. The Hall–Kier alpha value is -2.70. The lowest BCUT2D eigenvalue weighted by Gasteiger charge is -2.02. The summed E-state index contributed by atoms with van der Waals surface area (Å²) in [5, 5.41) is 7.57. The number of hydrogen-bond donors (Lipinski definition) is 0. The molecule has 0 bridgehead atoms. The van der Waals surface area contributed by atoms with Crippen LogP contribution in [0.2, 0.25) is 0 Å². The Bertz CT molecular complexity index is 619. The number of esters is 2. The minimum absolute atomic E-state index is 0.129. The zero-order valence-electron chi connectivity index (χ0n) is 11.1. The first-order chi connectivity index (χ1) is 9.65. The predicted molar refractivity (Wildman–Crippen MR) is 68.7 cm³/mol. The molecular formula is C13H13N3O4. The molecule has 0 spiro atoms. The molecule has 2 rings (SSSR count). The standard InChI is InChI=1S/C13H13N3O4/c1-3-20-13(18)11-8-16(15-14-11)10-6-4-9(5-7-10)12(17)19-2/h4-8H,3H2,1-2H3. The highest BCUT2D eigenvalue weighted by molar-refractivity contribution is 5.89. The summed E-state index contributed by atoms with van der Waals surface area (Å²) in [4.78, 5) is 22.8. The molecule has 0 atom stereocenters. The van der Waals surface area contributed by atoms with Gasteiger partial charge in [-0.3, -0.25) is 0 Å². The van der Waals surface area contributed by atoms with E-state index in [1.807, 2.05) is 0 Å². The Morgan fingerprint density at radius 3 is 2.50 bits per heavy atom. The van der Waals surface area contributed by atoms with Crippen LogP contribution in [0.4, 0.5) is 0 Å². The monoisotopic (exact) mass is 275 g/mol. The van der Waals surface area contributed by atoms with Gasteiger partial charge in [0.25, 0.3) is 0 Å². The molecule has 1 aromatic carbocycles. The van der Waals surface area contributed by atoms with Gasteiger partial charge in [-0.05, 0) is 31.2 Å². The van der Waals surface area contributed by atoms with Crippen LogP contribution < -0.4 is 0 Å². The molecule has 104 valence electrons. The van der Waals surface area contributed by atoms with E-state index in [1.165, 1.54) is 18.0 Å². The van der Waals surface area contributed by atoms with Gasteiger partial charge in [0, 0.05) is 0 Å². The first-order valence-electron chi connectivity index (χ1n) is 5.94. The third kappa shape index (κ3) is 2.82. The maximum atomic E-state index is 11.5. The Morgan fingerprint density at radius 1 is 1.20 bits per heavy atom. The summed E-state index contributed by atoms with van der Waals surface area (Å²) in [6, 6.07) is 6.56. The minimum Gasteiger partial charge on any atom is -0.465 e. The second-order valence-corrected chi connectivity index (χ2v) is 3.81. The lowest BCUT2D eigenvalue weighted by atomic mass is 10.2. The van der Waals surface area contributed by atoms with Gasteiger partial charge in [0.15, 0.2) is 5.69 Å². The van der Waals surface area contributed by atoms with Crippen LogP contribution in [0.3, 0.4) is 0 Å². The van der Waals surface area contributed by atoms with Crippen LogP contribution in [0.15, 0.2) is 30.5 Å². The van der Waals surface area contributed by atoms with Crippen molar-refractivity contribution in [1.82, 2.24) is 15.0 Å². The highest BCUT2D eigenvalue weighted by Gasteiger charge is 2.12. The molecule has 0 saturated heterocycles. The SMILES string of the molecule is CCOC(=O)c1cn(-c2ccc(C(=O)OC)cc2)nn1. The van der Waals surface area contributed by atoms with Crippen molar-refractivity contribution in [1.29, 1.82) is 0 Å². The van der Waals surface area contributed by atoms with Crippen molar-refractivity contribution in [3.8, 4) is 5.69 Å². The molecule has 2 aromatic rings. The lowest BCUT2D eigenvalue weighted by molar-refractivity contribution is 0.0518. The van der Waals surface area contributed by atoms with Crippen molar-refractivity contribution in [2.24, 2.45) is 0 Å². The van der Waals surface area contributed by atoms with E-state index >= 15 is 0 Å². The number of benzene rings is 1. The number of hydrogen-bond acceptors (Lipinski definition) is 6. The fourth-order valence-electron chi connectivity index (χ4n) is 1.56. The topological polar surface area (TPSA) is 83.3 Å². The molecule has 7 nitrogen and oxygen atoms in total. The number of methoxy groups -OCH3 is 1. The molecule has 0 unspecified atom stereocenters. The summed E-state index contributed by atoms with van der Waals surface area (Å²) in [5.74, 6) is -0.938. The van der Waals surface area contributed by atoms with Gasteiger partial charge in [-0.1, -0.05) is 5.21 Å². The Balaban J connectivity index is 2.20. The Labute approximate surface area is 115 Å². The summed E-state index contributed by atoms with van der Waals surface area (Å²) < 4.78 is 10.9. The van der Waals surface area contributed by atoms with Gasteiger partial charge in [0.2, 0.25) is 0 Å². The summed E-state index contributed by atoms with van der Waals surface area (Å²) in [5.41, 5.74) is 1.23. The molecule has 0 aliphatic carbocycles. The van der Waals surface area contributed by atoms with Gasteiger partial charge in [0.05, 0.1) is 31.2 Å². The van der Waals surface area contributed by atoms with Crippen LogP contribution in [0, 0.1) is 0 Å². The van der Waals surface area contributed by atoms with Crippen LogP contribution in [-0.2, 0) is 9.47 Å². The fourth-order valence-corrected chi connectivity index (χ4v) is 1.56. The molecule has 0 radical (unpaired) electrons. The molecule has 0 fully saturated rings. The van der Waals surface area contributed by atoms with Gasteiger partial charge >= 0.3 is 11.9 Å². The molecule has 1 heterocycles. The second-order valence-electron chi connectivity index (χ2n) is 3.81. The van der Waals surface area contributed by atoms with Crippen LogP contribution in [0.25, 0.3) is 5.69 Å². The van der Waals surface area contributed by atoms with Crippen LogP contribution in [0.1, 0.15) is 27.8 Å². The Kier molecular flexibility index (Phi) is 4.09. The molecule has 7 heteroatoms. The number of ether oxygens (including phenoxy) is 2. The number of nitrogens with zero attached hydrogens (tertiary/aromatic N) is 3. The number of aromatic nitrogens is 3. The minimum atomic E-state index is -0.523. The van der Waals surface area contributed by atoms with Gasteiger partial charge in [-0.15, -0.1) is 5.10 Å². The first kappa shape index (κ1) is 13.7. The van der Waals surface area contributed by atoms with E-state index in [-0.39, 0.29) is 12.3 Å². The van der Waals surface area contributed by atoms with Crippen molar-refractivity contribution in [2.45, 2.75) is 6.92 Å². The van der Waals surface area contributed by atoms with Crippen molar-refractivity contribution >= 4 is 11.9 Å². The normalized spacial score (nSPS) is 10.1. The quantitative estimate of drug-likeness (QED) is 0.780. The molecule has 0 saturated carbocycles. The molecule has 0 aliphatic heterocycles. The van der Waals surface area contributed by atoms with E-state index in [0.29, 0.717) is 11.3 Å². The van der Waals surface area contributed by atoms with Crippen molar-refractivity contribution in [2.75, 3.05) is 13.7 Å². The maximum Gasteiger partial charge on any atom is 0.360 e. The third-order valence-corrected chi connectivity index (χ3v) is 2.53. The highest BCUT2D eigenvalue weighted by Crippen LogP contribution is 2.10. The van der Waals surface area contributed by atoms with E-state index in [1.54, 1.807) is 31.2 Å². The third-order valence-electron chi connectivity index (χ3n) is 2.53.